The van der Waals surface area contributed by atoms with Crippen molar-refractivity contribution in [2.75, 3.05) is 7.11 Å². The average Bonchev–Trinajstić information content (AvgIpc) is 3.00. The second kappa shape index (κ2) is 11.9. The highest BCUT2D eigenvalue weighted by atomic mass is 16.5. The fraction of sp³-hybridized carbons (Fsp3) is 0.652. The lowest BCUT2D eigenvalue weighted by Gasteiger charge is -2.29. The third-order valence-electron chi connectivity index (χ3n) is 5.50. The van der Waals surface area contributed by atoms with Gasteiger partial charge < -0.3 is 9.84 Å². The van der Waals surface area contributed by atoms with E-state index in [1.54, 1.807) is 12.2 Å². The summed E-state index contributed by atoms with van der Waals surface area (Å²) in [6, 6.07) is 0. The van der Waals surface area contributed by atoms with Crippen LogP contribution in [-0.2, 0) is 14.3 Å². The summed E-state index contributed by atoms with van der Waals surface area (Å²) in [6.07, 6.45) is 16.6. The molecule has 3 unspecified atom stereocenters. The van der Waals surface area contributed by atoms with Crippen LogP contribution < -0.4 is 0 Å². The Kier molecular flexibility index (Phi) is 10.3. The molecule has 4 nitrogen and oxygen atoms in total. The molecular weight excluding hydrogens is 340 g/mol. The molecule has 3 atom stereocenters. The third kappa shape index (κ3) is 8.25. The third-order valence-corrected chi connectivity index (χ3v) is 5.50. The van der Waals surface area contributed by atoms with Gasteiger partial charge in [0, 0.05) is 18.4 Å². The van der Waals surface area contributed by atoms with Gasteiger partial charge in [-0.3, -0.25) is 4.79 Å². The van der Waals surface area contributed by atoms with Crippen LogP contribution in [0.5, 0.6) is 0 Å². The summed E-state index contributed by atoms with van der Waals surface area (Å²) in [5.41, 5.74) is -0.140. The van der Waals surface area contributed by atoms with Gasteiger partial charge in [0.1, 0.15) is 5.78 Å². The molecule has 27 heavy (non-hydrogen) atoms. The molecule has 0 spiro atoms. The summed E-state index contributed by atoms with van der Waals surface area (Å²) in [5, 5.41) is 10.5. The Morgan fingerprint density at radius 2 is 2.11 bits per heavy atom. The number of aliphatic hydroxyl groups excluding tert-OH is 1. The van der Waals surface area contributed by atoms with Crippen molar-refractivity contribution in [1.29, 1.82) is 0 Å². The number of rotatable bonds is 11. The second-order valence-corrected chi connectivity index (χ2v) is 8.08. The number of hydrogen-bond donors (Lipinski definition) is 1. The van der Waals surface area contributed by atoms with Crippen LogP contribution in [-0.4, -0.2) is 30.1 Å². The molecule has 0 aromatic heterocycles. The largest absolute Gasteiger partial charge is 0.466 e. The van der Waals surface area contributed by atoms with E-state index in [9.17, 15) is 14.7 Å². The first kappa shape index (κ1) is 23.4. The van der Waals surface area contributed by atoms with E-state index in [1.807, 2.05) is 12.2 Å². The Hall–Kier alpha value is -1.68. The number of carbonyl (C=O) groups excluding carboxylic acids is 2. The Morgan fingerprint density at radius 3 is 2.78 bits per heavy atom. The summed E-state index contributed by atoms with van der Waals surface area (Å²) in [4.78, 5) is 23.2. The number of ether oxygens (including phenoxy) is 1. The molecular formula is C23H36O4. The summed E-state index contributed by atoms with van der Waals surface area (Å²) >= 11 is 0. The first-order valence-corrected chi connectivity index (χ1v) is 10.1. The van der Waals surface area contributed by atoms with Crippen LogP contribution >= 0.6 is 0 Å². The van der Waals surface area contributed by atoms with E-state index in [-0.39, 0.29) is 23.2 Å². The number of esters is 1. The maximum Gasteiger partial charge on any atom is 0.330 e. The van der Waals surface area contributed by atoms with Crippen molar-refractivity contribution < 1.29 is 19.4 Å². The van der Waals surface area contributed by atoms with E-state index < -0.39 is 6.10 Å². The number of unbranched alkanes of at least 4 members (excludes halogenated alkanes) is 1. The van der Waals surface area contributed by atoms with Crippen LogP contribution in [0.1, 0.15) is 65.7 Å². The molecule has 4 heteroatoms. The number of methoxy groups -OCH3 is 1. The van der Waals surface area contributed by atoms with Crippen molar-refractivity contribution in [2.24, 2.45) is 17.3 Å². The predicted molar refractivity (Wildman–Crippen MR) is 109 cm³/mol. The van der Waals surface area contributed by atoms with Gasteiger partial charge in [0.05, 0.1) is 13.2 Å². The number of hydrogen-bond acceptors (Lipinski definition) is 4. The highest BCUT2D eigenvalue weighted by molar-refractivity contribution is 5.83. The van der Waals surface area contributed by atoms with Crippen LogP contribution in [0.3, 0.4) is 0 Å². The lowest BCUT2D eigenvalue weighted by molar-refractivity contribution is -0.134. The maximum absolute atomic E-state index is 12.2. The van der Waals surface area contributed by atoms with E-state index >= 15 is 0 Å². The first-order valence-electron chi connectivity index (χ1n) is 10.1. The molecule has 1 rings (SSSR count). The van der Waals surface area contributed by atoms with E-state index in [4.69, 9.17) is 0 Å². The quantitative estimate of drug-likeness (QED) is 0.244. The molecule has 1 aliphatic carbocycles. The molecule has 152 valence electrons. The minimum Gasteiger partial charge on any atom is -0.466 e. The van der Waals surface area contributed by atoms with Crippen molar-refractivity contribution in [2.45, 2.75) is 71.8 Å². The van der Waals surface area contributed by atoms with Gasteiger partial charge in [-0.15, -0.1) is 0 Å². The number of aliphatic hydroxyl groups is 1. The Labute approximate surface area is 164 Å². The Morgan fingerprint density at radius 1 is 1.37 bits per heavy atom. The van der Waals surface area contributed by atoms with Gasteiger partial charge >= 0.3 is 5.97 Å². The monoisotopic (exact) mass is 376 g/mol. The molecule has 0 aliphatic heterocycles. The lowest BCUT2D eigenvalue weighted by Crippen LogP contribution is -2.27. The predicted octanol–water partition coefficient (Wildman–Crippen LogP) is 4.78. The zero-order valence-corrected chi connectivity index (χ0v) is 17.3. The topological polar surface area (TPSA) is 63.6 Å². The Bertz CT molecular complexity index is 557. The van der Waals surface area contributed by atoms with Gasteiger partial charge in [0.15, 0.2) is 0 Å². The van der Waals surface area contributed by atoms with Gasteiger partial charge in [0.2, 0.25) is 0 Å². The summed E-state index contributed by atoms with van der Waals surface area (Å²) in [5.74, 6) is 0.189. The molecule has 1 fully saturated rings. The zero-order chi connectivity index (χ0) is 20.3. The van der Waals surface area contributed by atoms with Crippen molar-refractivity contribution in [1.82, 2.24) is 0 Å². The van der Waals surface area contributed by atoms with Gasteiger partial charge in [-0.2, -0.15) is 0 Å². The SMILES string of the molecule is CCCCC(C)(C)C(O)C=CC1CCC(=O)C1CCC=CC=CC(=O)OC. The standard InChI is InChI=1S/C23H36O4/c1-5-6-17-23(2,3)21(25)16-14-18-13-15-20(24)19(18)11-9-7-8-10-12-22(26)27-4/h7-8,10,12,14,16,18-19,21,25H,5-6,9,11,13,15,17H2,1-4H3. The molecule has 1 N–H and O–H groups in total. The molecule has 0 aromatic carbocycles. The minimum absolute atomic E-state index is 0.0291. The van der Waals surface area contributed by atoms with Gasteiger partial charge in [-0.25, -0.2) is 4.79 Å². The van der Waals surface area contributed by atoms with Crippen molar-refractivity contribution >= 4 is 11.8 Å². The number of allylic oxidation sites excluding steroid dienone is 4. The van der Waals surface area contributed by atoms with E-state index in [0.717, 1.165) is 38.5 Å². The molecule has 0 aromatic rings. The van der Waals surface area contributed by atoms with Gasteiger partial charge in [-0.05, 0) is 37.0 Å². The lowest BCUT2D eigenvalue weighted by atomic mass is 9.80. The fourth-order valence-electron chi connectivity index (χ4n) is 3.48. The number of carbonyl (C=O) groups is 2. The second-order valence-electron chi connectivity index (χ2n) is 8.08. The minimum atomic E-state index is -0.483. The maximum atomic E-state index is 12.2. The average molecular weight is 377 g/mol. The summed E-state index contributed by atoms with van der Waals surface area (Å²) in [6.45, 7) is 6.36. The number of ketones is 1. The molecule has 0 heterocycles. The van der Waals surface area contributed by atoms with Gasteiger partial charge in [0.25, 0.3) is 0 Å². The normalized spacial score (nSPS) is 22.3. The van der Waals surface area contributed by atoms with Crippen LogP contribution in [0.4, 0.5) is 0 Å². The van der Waals surface area contributed by atoms with Crippen LogP contribution in [0.25, 0.3) is 0 Å². The van der Waals surface area contributed by atoms with Crippen molar-refractivity contribution in [3.05, 3.63) is 36.5 Å². The fourth-order valence-corrected chi connectivity index (χ4v) is 3.48. The van der Waals surface area contributed by atoms with Crippen LogP contribution in [0.15, 0.2) is 36.5 Å². The van der Waals surface area contributed by atoms with Gasteiger partial charge in [-0.1, -0.05) is 64.0 Å². The highest BCUT2D eigenvalue weighted by Gasteiger charge is 2.33. The molecule has 0 saturated heterocycles. The molecule has 0 radical (unpaired) electrons. The van der Waals surface area contributed by atoms with Crippen molar-refractivity contribution in [3.8, 4) is 0 Å². The van der Waals surface area contributed by atoms with Crippen LogP contribution in [0, 0.1) is 17.3 Å². The molecule has 0 bridgehead atoms. The molecule has 0 amide bonds. The molecule has 1 saturated carbocycles. The van der Waals surface area contributed by atoms with Crippen molar-refractivity contribution in [3.63, 3.8) is 0 Å². The molecule has 1 aliphatic rings. The Balaban J connectivity index is 2.55. The summed E-state index contributed by atoms with van der Waals surface area (Å²) in [7, 11) is 1.34. The summed E-state index contributed by atoms with van der Waals surface area (Å²) < 4.78 is 4.53. The van der Waals surface area contributed by atoms with E-state index in [0.29, 0.717) is 12.2 Å². The first-order chi connectivity index (χ1) is 12.8. The number of Topliss-reactive ketones (excluding diaryl/α,β-unsaturated/α-hetero) is 1. The highest BCUT2D eigenvalue weighted by Crippen LogP contribution is 2.35. The smallest absolute Gasteiger partial charge is 0.330 e. The zero-order valence-electron chi connectivity index (χ0n) is 17.3. The van der Waals surface area contributed by atoms with E-state index in [1.165, 1.54) is 13.2 Å². The van der Waals surface area contributed by atoms with Crippen LogP contribution in [0.2, 0.25) is 0 Å². The van der Waals surface area contributed by atoms with E-state index in [2.05, 4.69) is 31.6 Å².